The van der Waals surface area contributed by atoms with Crippen molar-refractivity contribution in [2.24, 2.45) is 5.10 Å². The number of ether oxygens (including phenoxy) is 1. The van der Waals surface area contributed by atoms with Gasteiger partial charge in [0.2, 0.25) is 0 Å². The zero-order valence-electron chi connectivity index (χ0n) is 13.4. The number of unbranched alkanes of at least 4 members (excludes halogenated alkanes) is 2. The number of hydrogen-bond acceptors (Lipinski definition) is 5. The molecule has 2 heterocycles. The topological polar surface area (TPSA) is 55.5 Å². The van der Waals surface area contributed by atoms with Crippen molar-refractivity contribution in [3.63, 3.8) is 0 Å². The van der Waals surface area contributed by atoms with E-state index in [4.69, 9.17) is 4.74 Å². The third-order valence-corrected chi connectivity index (χ3v) is 3.03. The molecular weight excluding hydrogens is 278 g/mol. The molecule has 0 unspecified atom stereocenters. The van der Waals surface area contributed by atoms with Gasteiger partial charge in [-0.3, -0.25) is 4.57 Å². The fourth-order valence-electron chi connectivity index (χ4n) is 2.00. The minimum absolute atomic E-state index is 0.686. The molecule has 0 amide bonds. The van der Waals surface area contributed by atoms with Gasteiger partial charge in [0.05, 0.1) is 6.61 Å². The van der Waals surface area contributed by atoms with Gasteiger partial charge in [0.15, 0.2) is 5.84 Å². The lowest BCUT2D eigenvalue weighted by Gasteiger charge is -2.14. The Kier molecular flexibility index (Phi) is 5.94. The van der Waals surface area contributed by atoms with Gasteiger partial charge in [0, 0.05) is 32.7 Å². The predicted octanol–water partition coefficient (Wildman–Crippen LogP) is 2.62. The number of hydrogen-bond donors (Lipinski definition) is 0. The summed E-state index contributed by atoms with van der Waals surface area (Å²) >= 11 is 0. The number of nitrogens with zero attached hydrogens (tertiary/aromatic N) is 5. The minimum atomic E-state index is 0.686. The lowest BCUT2D eigenvalue weighted by Crippen LogP contribution is -2.19. The second-order valence-electron chi connectivity index (χ2n) is 5.15. The van der Waals surface area contributed by atoms with Crippen LogP contribution in [0.2, 0.25) is 0 Å². The quantitative estimate of drug-likeness (QED) is 0.341. The normalized spacial score (nSPS) is 11.5. The molecular formula is C16H23N5O. The van der Waals surface area contributed by atoms with Crippen LogP contribution in [-0.4, -0.2) is 46.1 Å². The number of aromatic nitrogens is 3. The van der Waals surface area contributed by atoms with E-state index in [1.54, 1.807) is 23.7 Å². The number of pyridine rings is 1. The fraction of sp³-hybridized carbons (Fsp3) is 0.438. The van der Waals surface area contributed by atoms with Gasteiger partial charge in [-0.05, 0) is 18.6 Å². The van der Waals surface area contributed by atoms with Gasteiger partial charge in [0.1, 0.15) is 17.8 Å². The summed E-state index contributed by atoms with van der Waals surface area (Å²) in [5.41, 5.74) is 0.714. The van der Waals surface area contributed by atoms with Gasteiger partial charge in [-0.2, -0.15) is 5.10 Å². The Hall–Kier alpha value is -2.37. The van der Waals surface area contributed by atoms with Crippen molar-refractivity contribution < 1.29 is 4.74 Å². The average molecular weight is 301 g/mol. The smallest absolute Gasteiger partial charge is 0.187 e. The predicted molar refractivity (Wildman–Crippen MR) is 87.1 cm³/mol. The van der Waals surface area contributed by atoms with Crippen molar-refractivity contribution in [3.8, 4) is 5.75 Å². The Morgan fingerprint density at radius 2 is 2.18 bits per heavy atom. The maximum absolute atomic E-state index is 5.90. The van der Waals surface area contributed by atoms with Gasteiger partial charge in [-0.1, -0.05) is 19.8 Å². The molecule has 6 heteroatoms. The first-order valence-corrected chi connectivity index (χ1v) is 7.54. The summed E-state index contributed by atoms with van der Waals surface area (Å²) < 4.78 is 7.74. The molecule has 0 N–H and O–H groups in total. The van der Waals surface area contributed by atoms with Crippen LogP contribution >= 0.6 is 0 Å². The maximum atomic E-state index is 5.90. The fourth-order valence-corrected chi connectivity index (χ4v) is 2.00. The largest absolute Gasteiger partial charge is 0.491 e. The Balaban J connectivity index is 2.28. The molecule has 0 saturated carbocycles. The van der Waals surface area contributed by atoms with Crippen molar-refractivity contribution in [2.45, 2.75) is 26.2 Å². The van der Waals surface area contributed by atoms with Crippen LogP contribution in [0.5, 0.6) is 5.75 Å². The van der Waals surface area contributed by atoms with Crippen LogP contribution in [0, 0.1) is 0 Å². The second kappa shape index (κ2) is 8.17. The van der Waals surface area contributed by atoms with Crippen LogP contribution in [-0.2, 0) is 0 Å². The molecule has 0 saturated heterocycles. The Labute approximate surface area is 131 Å². The molecule has 0 atom stereocenters. The molecule has 0 fully saturated rings. The molecule has 0 spiro atoms. The van der Waals surface area contributed by atoms with Crippen LogP contribution in [0.4, 0.5) is 0 Å². The zero-order valence-corrected chi connectivity index (χ0v) is 13.4. The monoisotopic (exact) mass is 301 g/mol. The first-order chi connectivity index (χ1) is 10.7. The number of hydrazone groups is 1. The summed E-state index contributed by atoms with van der Waals surface area (Å²) in [4.78, 5) is 8.54. The molecule has 2 aromatic heterocycles. The van der Waals surface area contributed by atoms with Gasteiger partial charge < -0.3 is 9.75 Å². The van der Waals surface area contributed by atoms with E-state index in [-0.39, 0.29) is 0 Å². The van der Waals surface area contributed by atoms with Crippen LogP contribution in [0.15, 0.2) is 42.2 Å². The molecule has 0 aliphatic heterocycles. The van der Waals surface area contributed by atoms with E-state index in [0.717, 1.165) is 18.6 Å². The third kappa shape index (κ3) is 4.31. The first-order valence-electron chi connectivity index (χ1n) is 7.54. The molecule has 0 bridgehead atoms. The average Bonchev–Trinajstić information content (AvgIpc) is 3.04. The Morgan fingerprint density at radius 3 is 2.86 bits per heavy atom. The Bertz CT molecular complexity index is 592. The summed E-state index contributed by atoms with van der Waals surface area (Å²) in [5, 5.41) is 6.27. The van der Waals surface area contributed by atoms with Crippen molar-refractivity contribution in [1.82, 2.24) is 19.5 Å². The molecule has 2 aromatic rings. The van der Waals surface area contributed by atoms with Gasteiger partial charge in [-0.25, -0.2) is 9.97 Å². The van der Waals surface area contributed by atoms with E-state index < -0.39 is 0 Å². The second-order valence-corrected chi connectivity index (χ2v) is 5.15. The molecule has 118 valence electrons. The van der Waals surface area contributed by atoms with Gasteiger partial charge in [0.25, 0.3) is 0 Å². The van der Waals surface area contributed by atoms with E-state index in [2.05, 4.69) is 22.0 Å². The number of imidazole rings is 1. The van der Waals surface area contributed by atoms with Crippen molar-refractivity contribution in [2.75, 3.05) is 20.7 Å². The highest BCUT2D eigenvalue weighted by atomic mass is 16.5. The highest BCUT2D eigenvalue weighted by molar-refractivity contribution is 6.00. The van der Waals surface area contributed by atoms with E-state index in [1.807, 2.05) is 37.0 Å². The van der Waals surface area contributed by atoms with Crippen LogP contribution in [0.1, 0.15) is 31.9 Å². The van der Waals surface area contributed by atoms with E-state index in [1.165, 1.54) is 6.42 Å². The van der Waals surface area contributed by atoms with E-state index >= 15 is 0 Å². The summed E-state index contributed by atoms with van der Waals surface area (Å²) in [6.45, 7) is 2.86. The zero-order chi connectivity index (χ0) is 15.8. The number of rotatable bonds is 7. The van der Waals surface area contributed by atoms with Gasteiger partial charge in [-0.15, -0.1) is 0 Å². The first kappa shape index (κ1) is 16.0. The SMILES string of the molecule is CCCCCOc1cccnc1C(=NN(C)C)n1ccnc1. The van der Waals surface area contributed by atoms with E-state index in [0.29, 0.717) is 18.1 Å². The summed E-state index contributed by atoms with van der Waals surface area (Å²) in [6.07, 6.45) is 10.4. The summed E-state index contributed by atoms with van der Waals surface area (Å²) in [7, 11) is 3.75. The standard InChI is InChI=1S/C16H23N5O/c1-4-5-6-12-22-14-8-7-9-18-15(14)16(19-20(2)3)21-11-10-17-13-21/h7-11,13H,4-6,12H2,1-3H3. The van der Waals surface area contributed by atoms with Gasteiger partial charge >= 0.3 is 0 Å². The molecule has 0 aromatic carbocycles. The van der Waals surface area contributed by atoms with Crippen LogP contribution in [0.3, 0.4) is 0 Å². The third-order valence-electron chi connectivity index (χ3n) is 3.03. The molecule has 2 rings (SSSR count). The van der Waals surface area contributed by atoms with Crippen molar-refractivity contribution >= 4 is 5.84 Å². The molecule has 0 aliphatic carbocycles. The molecule has 22 heavy (non-hydrogen) atoms. The molecule has 0 aliphatic rings. The van der Waals surface area contributed by atoms with Crippen LogP contribution < -0.4 is 4.74 Å². The molecule has 0 radical (unpaired) electrons. The molecule has 6 nitrogen and oxygen atoms in total. The summed E-state index contributed by atoms with van der Waals surface area (Å²) in [6, 6.07) is 3.80. The minimum Gasteiger partial charge on any atom is -0.491 e. The van der Waals surface area contributed by atoms with Crippen molar-refractivity contribution in [1.29, 1.82) is 0 Å². The lowest BCUT2D eigenvalue weighted by molar-refractivity contribution is 0.304. The summed E-state index contributed by atoms with van der Waals surface area (Å²) in [5.74, 6) is 1.43. The highest BCUT2D eigenvalue weighted by Crippen LogP contribution is 2.18. The van der Waals surface area contributed by atoms with Crippen molar-refractivity contribution in [3.05, 3.63) is 42.7 Å². The van der Waals surface area contributed by atoms with Crippen LogP contribution in [0.25, 0.3) is 0 Å². The highest BCUT2D eigenvalue weighted by Gasteiger charge is 2.14. The lowest BCUT2D eigenvalue weighted by atomic mass is 10.2. The maximum Gasteiger partial charge on any atom is 0.187 e. The Morgan fingerprint density at radius 1 is 1.32 bits per heavy atom. The van der Waals surface area contributed by atoms with E-state index in [9.17, 15) is 0 Å².